The zero-order chi connectivity index (χ0) is 29.6. The molecule has 3 N–H and O–H groups in total. The van der Waals surface area contributed by atoms with Crippen LogP contribution in [-0.2, 0) is 23.9 Å². The molecule has 3 aromatic rings. The monoisotopic (exact) mass is 575 g/mol. The van der Waals surface area contributed by atoms with Gasteiger partial charge in [-0.05, 0) is 48.2 Å². The third-order valence-corrected chi connectivity index (χ3v) is 6.65. The van der Waals surface area contributed by atoms with E-state index < -0.39 is 52.6 Å². The number of nitrogens with zero attached hydrogens (tertiary/aromatic N) is 3. The molecule has 0 aromatic heterocycles. The number of nitrogens with two attached hydrogens (primary N) is 1. The number of carbonyl (C=O) groups is 1. The first kappa shape index (κ1) is 29.8. The van der Waals surface area contributed by atoms with Crippen LogP contribution in [0.25, 0.3) is 0 Å². The van der Waals surface area contributed by atoms with Gasteiger partial charge in [0.15, 0.2) is 0 Å². The van der Waals surface area contributed by atoms with E-state index in [0.717, 1.165) is 50.3 Å². The summed E-state index contributed by atoms with van der Waals surface area (Å²) >= 11 is 0. The minimum Gasteiger partial charge on any atom is -0.326 e. The molecule has 0 bridgehead atoms. The van der Waals surface area contributed by atoms with Crippen LogP contribution in [0.15, 0.2) is 70.8 Å². The Labute approximate surface area is 232 Å². The fourth-order valence-corrected chi connectivity index (χ4v) is 4.70. The Morgan fingerprint density at radius 2 is 1.76 bits per heavy atom. The predicted molar refractivity (Wildman–Crippen MR) is 144 cm³/mol. The highest BCUT2D eigenvalue weighted by Gasteiger charge is 2.35. The number of rotatable bonds is 9. The second kappa shape index (κ2) is 13.0. The van der Waals surface area contributed by atoms with Crippen molar-refractivity contribution in [1.82, 2.24) is 4.90 Å². The second-order valence-corrected chi connectivity index (χ2v) is 9.70. The SMILES string of the molecule is N/N=C(\C=NCC1CCN(Cc2ccccc2)C1)c1c(F)cc(NC(=O)Cc2cccc(C(F)(F)F)c2F)cc1F. The number of aliphatic imine (C=N–C) groups is 1. The molecule has 0 saturated carbocycles. The molecule has 6 nitrogen and oxygen atoms in total. The number of benzene rings is 3. The third-order valence-electron chi connectivity index (χ3n) is 6.65. The largest absolute Gasteiger partial charge is 0.419 e. The van der Waals surface area contributed by atoms with Crippen LogP contribution >= 0.6 is 0 Å². The summed E-state index contributed by atoms with van der Waals surface area (Å²) < 4.78 is 82.8. The van der Waals surface area contributed by atoms with E-state index in [2.05, 4.69) is 32.4 Å². The first-order valence-electron chi connectivity index (χ1n) is 12.7. The van der Waals surface area contributed by atoms with Crippen LogP contribution in [0.3, 0.4) is 0 Å². The van der Waals surface area contributed by atoms with Crippen LogP contribution in [0.5, 0.6) is 0 Å². The number of anilines is 1. The minimum absolute atomic E-state index is 0.247. The zero-order valence-corrected chi connectivity index (χ0v) is 21.8. The quantitative estimate of drug-likeness (QED) is 0.152. The third kappa shape index (κ3) is 7.72. The number of hydrazone groups is 1. The first-order chi connectivity index (χ1) is 19.5. The van der Waals surface area contributed by atoms with E-state index in [9.17, 15) is 31.1 Å². The van der Waals surface area contributed by atoms with E-state index in [1.165, 1.54) is 11.8 Å². The van der Waals surface area contributed by atoms with Crippen molar-refractivity contribution in [1.29, 1.82) is 0 Å². The molecule has 0 radical (unpaired) electrons. The van der Waals surface area contributed by atoms with Gasteiger partial charge in [0, 0.05) is 31.5 Å². The molecular weight excluding hydrogens is 548 g/mol. The van der Waals surface area contributed by atoms with Crippen molar-refractivity contribution in [2.45, 2.75) is 25.6 Å². The van der Waals surface area contributed by atoms with E-state index in [4.69, 9.17) is 5.84 Å². The Bertz CT molecular complexity index is 1420. The van der Waals surface area contributed by atoms with Crippen LogP contribution in [0.4, 0.5) is 32.0 Å². The van der Waals surface area contributed by atoms with Crippen molar-refractivity contribution in [3.8, 4) is 0 Å². The molecule has 3 aromatic carbocycles. The Morgan fingerprint density at radius 3 is 2.41 bits per heavy atom. The van der Waals surface area contributed by atoms with Gasteiger partial charge in [-0.1, -0.05) is 42.5 Å². The Hall–Kier alpha value is -4.19. The molecule has 1 heterocycles. The van der Waals surface area contributed by atoms with Gasteiger partial charge in [0.05, 0.1) is 17.5 Å². The van der Waals surface area contributed by atoms with E-state index >= 15 is 0 Å². The Kier molecular flexibility index (Phi) is 9.43. The number of halogens is 6. The molecule has 0 aliphatic carbocycles. The predicted octanol–water partition coefficient (Wildman–Crippen LogP) is 5.56. The summed E-state index contributed by atoms with van der Waals surface area (Å²) in [6, 6.07) is 14.2. The van der Waals surface area contributed by atoms with Gasteiger partial charge in [-0.25, -0.2) is 13.2 Å². The van der Waals surface area contributed by atoms with Gasteiger partial charge >= 0.3 is 6.18 Å². The summed E-state index contributed by atoms with van der Waals surface area (Å²) in [5, 5.41) is 5.62. The number of nitrogens with one attached hydrogen (secondary N) is 1. The van der Waals surface area contributed by atoms with Crippen molar-refractivity contribution in [2.75, 3.05) is 25.0 Å². The smallest absolute Gasteiger partial charge is 0.326 e. The number of alkyl halides is 3. The fourth-order valence-electron chi connectivity index (χ4n) is 4.70. The molecule has 1 fully saturated rings. The van der Waals surface area contributed by atoms with Crippen LogP contribution in [-0.4, -0.2) is 42.4 Å². The molecule has 1 amide bonds. The van der Waals surface area contributed by atoms with Gasteiger partial charge in [0.2, 0.25) is 5.91 Å². The highest BCUT2D eigenvalue weighted by Crippen LogP contribution is 2.32. The number of carbonyl (C=O) groups excluding carboxylic acids is 1. The average molecular weight is 576 g/mol. The zero-order valence-electron chi connectivity index (χ0n) is 21.8. The fraction of sp³-hybridized carbons (Fsp3) is 0.276. The van der Waals surface area contributed by atoms with Gasteiger partial charge in [0.1, 0.15) is 23.2 Å². The molecule has 0 spiro atoms. The van der Waals surface area contributed by atoms with Crippen LogP contribution in [0, 0.1) is 23.4 Å². The average Bonchev–Trinajstić information content (AvgIpc) is 3.35. The number of amides is 1. The van der Waals surface area contributed by atoms with Crippen molar-refractivity contribution in [3.05, 3.63) is 100 Å². The maximum absolute atomic E-state index is 14.9. The summed E-state index contributed by atoms with van der Waals surface area (Å²) in [6.07, 6.45) is -3.62. The van der Waals surface area contributed by atoms with E-state index in [0.29, 0.717) is 12.6 Å². The normalized spacial score (nSPS) is 16.4. The van der Waals surface area contributed by atoms with Gasteiger partial charge in [0.25, 0.3) is 0 Å². The molecule has 12 heteroatoms. The van der Waals surface area contributed by atoms with E-state index in [1.807, 2.05) is 18.2 Å². The molecular formula is C29H27F6N5O. The molecule has 1 unspecified atom stereocenters. The molecule has 216 valence electrons. The highest BCUT2D eigenvalue weighted by atomic mass is 19.4. The van der Waals surface area contributed by atoms with Crippen molar-refractivity contribution in [3.63, 3.8) is 0 Å². The van der Waals surface area contributed by atoms with E-state index in [1.54, 1.807) is 0 Å². The van der Waals surface area contributed by atoms with Gasteiger partial charge in [-0.3, -0.25) is 14.7 Å². The number of hydrogen-bond donors (Lipinski definition) is 2. The number of hydrogen-bond acceptors (Lipinski definition) is 5. The molecule has 1 aliphatic rings. The molecule has 1 aliphatic heterocycles. The minimum atomic E-state index is -4.94. The Balaban J connectivity index is 1.36. The molecule has 41 heavy (non-hydrogen) atoms. The standard InChI is InChI=1S/C29H27F6N5O/c30-23-12-21(38-26(41)11-20-7-4-8-22(28(20)32)29(33,34)35)13-24(31)27(23)25(39-36)15-37-14-19-9-10-40(17-19)16-18-5-2-1-3-6-18/h1-8,12-13,15,19H,9-11,14,16-17,36H2,(H,38,41)/b37-15?,39-25+. The van der Waals surface area contributed by atoms with Crippen molar-refractivity contribution in [2.24, 2.45) is 21.9 Å². The van der Waals surface area contributed by atoms with E-state index in [-0.39, 0.29) is 17.3 Å². The lowest BCUT2D eigenvalue weighted by molar-refractivity contribution is -0.140. The van der Waals surface area contributed by atoms with Crippen LogP contribution in [0.1, 0.15) is 28.7 Å². The van der Waals surface area contributed by atoms with Crippen LogP contribution < -0.4 is 11.2 Å². The first-order valence-corrected chi connectivity index (χ1v) is 12.7. The molecule has 1 atom stereocenters. The topological polar surface area (TPSA) is 83.1 Å². The summed E-state index contributed by atoms with van der Waals surface area (Å²) in [5.74, 6) is 0.867. The lowest BCUT2D eigenvalue weighted by Crippen LogP contribution is -2.21. The molecule has 1 saturated heterocycles. The highest BCUT2D eigenvalue weighted by molar-refractivity contribution is 6.38. The van der Waals surface area contributed by atoms with Crippen molar-refractivity contribution < 1.29 is 31.1 Å². The van der Waals surface area contributed by atoms with Gasteiger partial charge in [-0.2, -0.15) is 18.3 Å². The number of likely N-dealkylation sites (tertiary alicyclic amines) is 1. The Morgan fingerprint density at radius 1 is 1.05 bits per heavy atom. The summed E-state index contributed by atoms with van der Waals surface area (Å²) in [7, 11) is 0. The maximum Gasteiger partial charge on any atom is 0.419 e. The lowest BCUT2D eigenvalue weighted by Gasteiger charge is -2.15. The van der Waals surface area contributed by atoms with Gasteiger partial charge < -0.3 is 11.2 Å². The van der Waals surface area contributed by atoms with Gasteiger partial charge in [-0.15, -0.1) is 0 Å². The maximum atomic E-state index is 14.9. The summed E-state index contributed by atoms with van der Waals surface area (Å²) in [6.45, 7) is 2.96. The molecule has 4 rings (SSSR count). The van der Waals surface area contributed by atoms with Crippen LogP contribution in [0.2, 0.25) is 0 Å². The lowest BCUT2D eigenvalue weighted by atomic mass is 10.1. The second-order valence-electron chi connectivity index (χ2n) is 9.70. The van der Waals surface area contributed by atoms with Crippen molar-refractivity contribution >= 4 is 23.5 Å². The summed E-state index contributed by atoms with van der Waals surface area (Å²) in [4.78, 5) is 18.9. The summed E-state index contributed by atoms with van der Waals surface area (Å²) in [5.41, 5.74) is -1.95.